The summed E-state index contributed by atoms with van der Waals surface area (Å²) in [5, 5.41) is 0. The van der Waals surface area contributed by atoms with Gasteiger partial charge in [-0.25, -0.2) is 9.78 Å². The molecule has 1 aliphatic heterocycles. The average molecular weight is 249 g/mol. The van der Waals surface area contributed by atoms with Crippen LogP contribution in [0.2, 0.25) is 0 Å². The minimum Gasteiger partial charge on any atom is -0.336 e. The molecule has 1 heterocycles. The Balaban J connectivity index is 1.99. The van der Waals surface area contributed by atoms with E-state index >= 15 is 0 Å². The van der Waals surface area contributed by atoms with E-state index in [1.54, 1.807) is 0 Å². The van der Waals surface area contributed by atoms with Crippen LogP contribution in [0.25, 0.3) is 0 Å². The zero-order valence-corrected chi connectivity index (χ0v) is 10.8. The Kier molecular flexibility index (Phi) is 4.33. The van der Waals surface area contributed by atoms with Gasteiger partial charge in [0.15, 0.2) is 0 Å². The molecule has 4 nitrogen and oxygen atoms in total. The molecule has 0 aliphatic carbocycles. The summed E-state index contributed by atoms with van der Waals surface area (Å²) in [4.78, 5) is 23.4. The number of carbonyl (C=O) groups is 1. The van der Waals surface area contributed by atoms with Gasteiger partial charge in [0.1, 0.15) is 0 Å². The number of rotatable bonds is 5. The average Bonchev–Trinajstić information content (AvgIpc) is 2.78. The second kappa shape index (κ2) is 5.98. The van der Waals surface area contributed by atoms with E-state index in [0.717, 1.165) is 6.54 Å². The first-order valence-corrected chi connectivity index (χ1v) is 6.22. The van der Waals surface area contributed by atoms with Crippen LogP contribution >= 0.6 is 0 Å². The first-order chi connectivity index (χ1) is 8.72. The van der Waals surface area contributed by atoms with Gasteiger partial charge in [0, 0.05) is 18.9 Å². The predicted molar refractivity (Wildman–Crippen MR) is 67.6 cm³/mol. The van der Waals surface area contributed by atoms with Crippen molar-refractivity contribution in [1.29, 1.82) is 0 Å². The smallest absolute Gasteiger partial charge is 0.223 e. The Labute approximate surface area is 107 Å². The monoisotopic (exact) mass is 249 g/mol. The number of amides is 1. The molecule has 0 aromatic heterocycles. The third-order valence-electron chi connectivity index (χ3n) is 3.41. The molecule has 2 atom stereocenters. The molecule has 1 fully saturated rings. The molecule has 18 heavy (non-hydrogen) atoms. The topological polar surface area (TPSA) is 38.8 Å². The molecule has 98 valence electrons. The van der Waals surface area contributed by atoms with Crippen LogP contribution in [-0.4, -0.2) is 31.1 Å². The van der Waals surface area contributed by atoms with E-state index in [4.69, 9.17) is 4.89 Å². The SMILES string of the molecule is COOC[C@H]1CC(=O)N([C@H](C)c2ccccc2)C1. The molecule has 1 aromatic rings. The first kappa shape index (κ1) is 13.1. The highest BCUT2D eigenvalue weighted by atomic mass is 17.2. The third kappa shape index (κ3) is 2.89. The highest BCUT2D eigenvalue weighted by Gasteiger charge is 2.33. The van der Waals surface area contributed by atoms with E-state index in [-0.39, 0.29) is 17.9 Å². The number of carbonyl (C=O) groups excluding carboxylic acids is 1. The molecule has 1 amide bonds. The minimum absolute atomic E-state index is 0.117. The highest BCUT2D eigenvalue weighted by Crippen LogP contribution is 2.28. The Morgan fingerprint density at radius 1 is 1.39 bits per heavy atom. The second-order valence-electron chi connectivity index (χ2n) is 4.65. The fraction of sp³-hybridized carbons (Fsp3) is 0.500. The Hall–Kier alpha value is -1.39. The first-order valence-electron chi connectivity index (χ1n) is 6.22. The molecule has 1 aromatic carbocycles. The lowest BCUT2D eigenvalue weighted by molar-refractivity contribution is -0.279. The Morgan fingerprint density at radius 3 is 2.78 bits per heavy atom. The zero-order valence-electron chi connectivity index (χ0n) is 10.8. The van der Waals surface area contributed by atoms with Crippen LogP contribution in [0.5, 0.6) is 0 Å². The summed E-state index contributed by atoms with van der Waals surface area (Å²) in [6, 6.07) is 10.2. The summed E-state index contributed by atoms with van der Waals surface area (Å²) in [6.07, 6.45) is 0.542. The van der Waals surface area contributed by atoms with Crippen molar-refractivity contribution in [2.45, 2.75) is 19.4 Å². The lowest BCUT2D eigenvalue weighted by atomic mass is 10.1. The van der Waals surface area contributed by atoms with Gasteiger partial charge in [-0.05, 0) is 12.5 Å². The summed E-state index contributed by atoms with van der Waals surface area (Å²) in [7, 11) is 1.49. The summed E-state index contributed by atoms with van der Waals surface area (Å²) in [6.45, 7) is 3.27. The van der Waals surface area contributed by atoms with E-state index in [1.807, 2.05) is 23.1 Å². The second-order valence-corrected chi connectivity index (χ2v) is 4.65. The molecule has 0 bridgehead atoms. The number of nitrogens with zero attached hydrogens (tertiary/aromatic N) is 1. The molecule has 1 aliphatic rings. The fourth-order valence-corrected chi connectivity index (χ4v) is 2.37. The molecule has 2 rings (SSSR count). The van der Waals surface area contributed by atoms with Crippen LogP contribution in [0.1, 0.15) is 24.9 Å². The number of benzene rings is 1. The molecular formula is C14H19NO3. The van der Waals surface area contributed by atoms with Crippen molar-refractivity contribution >= 4 is 5.91 Å². The van der Waals surface area contributed by atoms with E-state index in [0.29, 0.717) is 13.0 Å². The standard InChI is InChI=1S/C14H19NO3/c1-11(13-6-4-3-5-7-13)15-9-12(8-14(15)16)10-18-17-2/h3-7,11-12H,8-10H2,1-2H3/t11-,12+/m1/s1. The Morgan fingerprint density at radius 2 is 2.11 bits per heavy atom. The Bertz CT molecular complexity index is 393. The van der Waals surface area contributed by atoms with Crippen LogP contribution in [0.4, 0.5) is 0 Å². The maximum Gasteiger partial charge on any atom is 0.223 e. The van der Waals surface area contributed by atoms with Crippen molar-refractivity contribution in [1.82, 2.24) is 4.90 Å². The quantitative estimate of drug-likeness (QED) is 0.593. The van der Waals surface area contributed by atoms with E-state index in [9.17, 15) is 4.79 Å². The van der Waals surface area contributed by atoms with Crippen molar-refractivity contribution in [2.24, 2.45) is 5.92 Å². The molecule has 0 radical (unpaired) electrons. The van der Waals surface area contributed by atoms with Crippen LogP contribution in [0, 0.1) is 5.92 Å². The number of hydrogen-bond donors (Lipinski definition) is 0. The maximum absolute atomic E-state index is 12.0. The zero-order chi connectivity index (χ0) is 13.0. The summed E-state index contributed by atoms with van der Waals surface area (Å²) in [5.41, 5.74) is 1.17. The van der Waals surface area contributed by atoms with Gasteiger partial charge in [0.25, 0.3) is 0 Å². The van der Waals surface area contributed by atoms with E-state index in [2.05, 4.69) is 23.9 Å². The lowest BCUT2D eigenvalue weighted by Crippen LogP contribution is -2.28. The molecular weight excluding hydrogens is 230 g/mol. The largest absolute Gasteiger partial charge is 0.336 e. The van der Waals surface area contributed by atoms with Gasteiger partial charge >= 0.3 is 0 Å². The van der Waals surface area contributed by atoms with Gasteiger partial charge in [-0.15, -0.1) is 0 Å². The number of hydrogen-bond acceptors (Lipinski definition) is 3. The molecule has 1 saturated heterocycles. The van der Waals surface area contributed by atoms with E-state index in [1.165, 1.54) is 12.7 Å². The summed E-state index contributed by atoms with van der Waals surface area (Å²) in [5.74, 6) is 0.416. The van der Waals surface area contributed by atoms with Gasteiger partial charge in [-0.3, -0.25) is 4.79 Å². The third-order valence-corrected chi connectivity index (χ3v) is 3.41. The van der Waals surface area contributed by atoms with Gasteiger partial charge in [0.05, 0.1) is 19.8 Å². The fourth-order valence-electron chi connectivity index (χ4n) is 2.37. The van der Waals surface area contributed by atoms with Gasteiger partial charge in [0.2, 0.25) is 5.91 Å². The summed E-state index contributed by atoms with van der Waals surface area (Å²) >= 11 is 0. The van der Waals surface area contributed by atoms with Crippen LogP contribution in [0.3, 0.4) is 0 Å². The van der Waals surface area contributed by atoms with E-state index < -0.39 is 0 Å². The molecule has 0 spiro atoms. The molecule has 0 saturated carbocycles. The lowest BCUT2D eigenvalue weighted by Gasteiger charge is -2.25. The highest BCUT2D eigenvalue weighted by molar-refractivity contribution is 5.79. The van der Waals surface area contributed by atoms with Crippen molar-refractivity contribution in [3.05, 3.63) is 35.9 Å². The van der Waals surface area contributed by atoms with Crippen LogP contribution in [0.15, 0.2) is 30.3 Å². The van der Waals surface area contributed by atoms with Gasteiger partial charge in [-0.1, -0.05) is 30.3 Å². The van der Waals surface area contributed by atoms with Gasteiger partial charge in [-0.2, -0.15) is 0 Å². The maximum atomic E-state index is 12.0. The van der Waals surface area contributed by atoms with Crippen molar-refractivity contribution in [3.8, 4) is 0 Å². The molecule has 4 heteroatoms. The summed E-state index contributed by atoms with van der Waals surface area (Å²) < 4.78 is 0. The van der Waals surface area contributed by atoms with Crippen molar-refractivity contribution in [3.63, 3.8) is 0 Å². The van der Waals surface area contributed by atoms with Crippen molar-refractivity contribution < 1.29 is 14.6 Å². The predicted octanol–water partition coefficient (Wildman–Crippen LogP) is 2.17. The normalized spacial score (nSPS) is 21.3. The van der Waals surface area contributed by atoms with Gasteiger partial charge < -0.3 is 4.90 Å². The number of likely N-dealkylation sites (tertiary alicyclic amines) is 1. The van der Waals surface area contributed by atoms with Crippen LogP contribution < -0.4 is 0 Å². The van der Waals surface area contributed by atoms with Crippen LogP contribution in [-0.2, 0) is 14.6 Å². The molecule has 0 unspecified atom stereocenters. The van der Waals surface area contributed by atoms with Crippen molar-refractivity contribution in [2.75, 3.05) is 20.3 Å². The minimum atomic E-state index is 0.117. The molecule has 0 N–H and O–H groups in total.